The Bertz CT molecular complexity index is 508. The molecular formula is C11H11ClN4O2. The van der Waals surface area contributed by atoms with Crippen molar-refractivity contribution < 1.29 is 9.59 Å². The van der Waals surface area contributed by atoms with Gasteiger partial charge in [0.15, 0.2) is 0 Å². The van der Waals surface area contributed by atoms with Crippen LogP contribution in [-0.2, 0) is 9.59 Å². The lowest BCUT2D eigenvalue weighted by molar-refractivity contribution is -0.117. The van der Waals surface area contributed by atoms with E-state index in [0.29, 0.717) is 5.69 Å². The number of primary amides is 2. The predicted molar refractivity (Wildman–Crippen MR) is 66.8 cm³/mol. The van der Waals surface area contributed by atoms with Gasteiger partial charge in [-0.05, 0) is 12.1 Å². The van der Waals surface area contributed by atoms with Gasteiger partial charge >= 0.3 is 0 Å². The van der Waals surface area contributed by atoms with Crippen LogP contribution >= 0.6 is 11.6 Å². The van der Waals surface area contributed by atoms with Crippen molar-refractivity contribution in [1.82, 2.24) is 0 Å². The van der Waals surface area contributed by atoms with Crippen molar-refractivity contribution >= 4 is 29.1 Å². The van der Waals surface area contributed by atoms with Crippen molar-refractivity contribution in [1.29, 1.82) is 5.26 Å². The number of carbonyl (C=O) groups excluding carboxylic acids is 2. The van der Waals surface area contributed by atoms with Gasteiger partial charge in [0.2, 0.25) is 11.8 Å². The number of hydrogen-bond acceptors (Lipinski definition) is 4. The van der Waals surface area contributed by atoms with Crippen LogP contribution in [0.5, 0.6) is 0 Å². The molecule has 0 heterocycles. The first-order chi connectivity index (χ1) is 8.45. The van der Waals surface area contributed by atoms with E-state index in [0.717, 1.165) is 0 Å². The number of benzene rings is 1. The van der Waals surface area contributed by atoms with Crippen LogP contribution in [0.1, 0.15) is 5.56 Å². The van der Waals surface area contributed by atoms with E-state index in [2.05, 4.69) is 0 Å². The molecule has 6 nitrogen and oxygen atoms in total. The third-order valence-electron chi connectivity index (χ3n) is 2.14. The molecule has 7 heteroatoms. The SMILES string of the molecule is N#Cc1c(Cl)cccc1N(CC(N)=O)CC(N)=O. The number of nitrogens with zero attached hydrogens (tertiary/aromatic N) is 2. The average Bonchev–Trinajstić information content (AvgIpc) is 2.26. The Labute approximate surface area is 109 Å². The van der Waals surface area contributed by atoms with Crippen molar-refractivity contribution in [2.75, 3.05) is 18.0 Å². The summed E-state index contributed by atoms with van der Waals surface area (Å²) in [5.41, 5.74) is 10.7. The highest BCUT2D eigenvalue weighted by Crippen LogP contribution is 2.26. The zero-order chi connectivity index (χ0) is 13.7. The standard InChI is InChI=1S/C11H11ClN4O2/c12-8-2-1-3-9(7(8)4-13)16(5-10(14)17)6-11(15)18/h1-3H,5-6H2,(H2,14,17)(H2,15,18). The zero-order valence-electron chi connectivity index (χ0n) is 9.39. The van der Waals surface area contributed by atoms with Crippen molar-refractivity contribution in [3.63, 3.8) is 0 Å². The van der Waals surface area contributed by atoms with Gasteiger partial charge in [-0.1, -0.05) is 17.7 Å². The number of halogens is 1. The zero-order valence-corrected chi connectivity index (χ0v) is 10.1. The van der Waals surface area contributed by atoms with Gasteiger partial charge in [0, 0.05) is 0 Å². The number of rotatable bonds is 5. The fourth-order valence-electron chi connectivity index (χ4n) is 1.49. The summed E-state index contributed by atoms with van der Waals surface area (Å²) in [6.45, 7) is -0.448. The number of hydrogen-bond donors (Lipinski definition) is 2. The van der Waals surface area contributed by atoms with Gasteiger partial charge in [-0.2, -0.15) is 5.26 Å². The maximum Gasteiger partial charge on any atom is 0.236 e. The van der Waals surface area contributed by atoms with Crippen LogP contribution in [0.2, 0.25) is 5.02 Å². The second-order valence-electron chi connectivity index (χ2n) is 3.53. The predicted octanol–water partition coefficient (Wildman–Crippen LogP) is -0.0113. The summed E-state index contributed by atoms with van der Waals surface area (Å²) in [5, 5.41) is 9.25. The molecule has 1 aromatic rings. The Morgan fingerprint density at radius 3 is 2.28 bits per heavy atom. The second kappa shape index (κ2) is 5.89. The minimum absolute atomic E-state index is 0.168. The first-order valence-electron chi connectivity index (χ1n) is 4.96. The minimum atomic E-state index is -0.639. The van der Waals surface area contributed by atoms with Gasteiger partial charge in [0.1, 0.15) is 6.07 Å². The Morgan fingerprint density at radius 2 is 1.83 bits per heavy atom. The molecule has 0 aliphatic heterocycles. The van der Waals surface area contributed by atoms with E-state index in [1.54, 1.807) is 12.1 Å². The van der Waals surface area contributed by atoms with E-state index in [9.17, 15) is 9.59 Å². The van der Waals surface area contributed by atoms with Crippen LogP contribution in [0.3, 0.4) is 0 Å². The summed E-state index contributed by atoms with van der Waals surface area (Å²) in [7, 11) is 0. The van der Waals surface area contributed by atoms with Gasteiger partial charge in [0.25, 0.3) is 0 Å². The molecule has 0 saturated heterocycles. The minimum Gasteiger partial charge on any atom is -0.368 e. The summed E-state index contributed by atoms with van der Waals surface area (Å²) in [6.07, 6.45) is 0. The van der Waals surface area contributed by atoms with Crippen LogP contribution in [0.25, 0.3) is 0 Å². The number of nitrogens with two attached hydrogens (primary N) is 2. The number of carbonyl (C=O) groups is 2. The Morgan fingerprint density at radius 1 is 1.28 bits per heavy atom. The third-order valence-corrected chi connectivity index (χ3v) is 2.45. The highest BCUT2D eigenvalue weighted by atomic mass is 35.5. The molecule has 94 valence electrons. The summed E-state index contributed by atoms with van der Waals surface area (Å²) in [6, 6.07) is 6.62. The highest BCUT2D eigenvalue weighted by molar-refractivity contribution is 6.32. The van der Waals surface area contributed by atoms with Gasteiger partial charge in [0.05, 0.1) is 29.4 Å². The topological polar surface area (TPSA) is 113 Å². The Kier molecular flexibility index (Phi) is 4.52. The van der Waals surface area contributed by atoms with Gasteiger partial charge in [-0.15, -0.1) is 0 Å². The van der Waals surface area contributed by atoms with E-state index in [-0.39, 0.29) is 23.7 Å². The van der Waals surface area contributed by atoms with Crippen LogP contribution in [0.15, 0.2) is 18.2 Å². The Balaban J connectivity index is 3.20. The fraction of sp³-hybridized carbons (Fsp3) is 0.182. The molecule has 1 rings (SSSR count). The number of amides is 2. The molecule has 0 fully saturated rings. The molecule has 0 aromatic heterocycles. The van der Waals surface area contributed by atoms with Crippen molar-refractivity contribution in [3.8, 4) is 6.07 Å². The molecule has 4 N–H and O–H groups in total. The summed E-state index contributed by atoms with van der Waals surface area (Å²) in [4.78, 5) is 23.2. The van der Waals surface area contributed by atoms with Crippen LogP contribution < -0.4 is 16.4 Å². The molecule has 0 radical (unpaired) electrons. The second-order valence-corrected chi connectivity index (χ2v) is 3.94. The normalized spacial score (nSPS) is 9.56. The number of nitriles is 1. The summed E-state index contributed by atoms with van der Waals surface area (Å²) in [5.74, 6) is -1.28. The molecule has 0 aliphatic rings. The maximum absolute atomic E-state index is 11.0. The van der Waals surface area contributed by atoms with E-state index >= 15 is 0 Å². The maximum atomic E-state index is 11.0. The quantitative estimate of drug-likeness (QED) is 0.780. The average molecular weight is 267 g/mol. The van der Waals surface area contributed by atoms with Crippen LogP contribution in [-0.4, -0.2) is 24.9 Å². The molecular weight excluding hydrogens is 256 g/mol. The highest BCUT2D eigenvalue weighted by Gasteiger charge is 2.17. The monoisotopic (exact) mass is 266 g/mol. The van der Waals surface area contributed by atoms with E-state index < -0.39 is 11.8 Å². The van der Waals surface area contributed by atoms with Gasteiger partial charge in [-0.3, -0.25) is 9.59 Å². The molecule has 0 spiro atoms. The molecule has 0 atom stereocenters. The first-order valence-corrected chi connectivity index (χ1v) is 5.33. The lowest BCUT2D eigenvalue weighted by Crippen LogP contribution is -2.40. The lowest BCUT2D eigenvalue weighted by Gasteiger charge is -2.22. The fourth-order valence-corrected chi connectivity index (χ4v) is 1.70. The van der Waals surface area contributed by atoms with Gasteiger partial charge < -0.3 is 16.4 Å². The lowest BCUT2D eigenvalue weighted by atomic mass is 10.1. The van der Waals surface area contributed by atoms with Crippen molar-refractivity contribution in [2.24, 2.45) is 11.5 Å². The van der Waals surface area contributed by atoms with Crippen molar-refractivity contribution in [2.45, 2.75) is 0 Å². The van der Waals surface area contributed by atoms with Crippen molar-refractivity contribution in [3.05, 3.63) is 28.8 Å². The molecule has 0 bridgehead atoms. The smallest absolute Gasteiger partial charge is 0.236 e. The Hall–Kier alpha value is -2.26. The van der Waals surface area contributed by atoms with E-state index in [1.807, 2.05) is 6.07 Å². The molecule has 2 amide bonds. The largest absolute Gasteiger partial charge is 0.368 e. The van der Waals surface area contributed by atoms with Crippen LogP contribution in [0.4, 0.5) is 5.69 Å². The van der Waals surface area contributed by atoms with Gasteiger partial charge in [-0.25, -0.2) is 0 Å². The van der Waals surface area contributed by atoms with E-state index in [4.69, 9.17) is 28.3 Å². The molecule has 1 aromatic carbocycles. The third kappa shape index (κ3) is 3.37. The molecule has 0 saturated carbocycles. The molecule has 0 unspecified atom stereocenters. The molecule has 0 aliphatic carbocycles. The summed E-state index contributed by atoms with van der Waals surface area (Å²) >= 11 is 5.87. The summed E-state index contributed by atoms with van der Waals surface area (Å²) < 4.78 is 0. The molecule has 18 heavy (non-hydrogen) atoms. The van der Waals surface area contributed by atoms with Crippen LogP contribution in [0, 0.1) is 11.3 Å². The first kappa shape index (κ1) is 13.8. The number of anilines is 1. The van der Waals surface area contributed by atoms with E-state index in [1.165, 1.54) is 11.0 Å².